The van der Waals surface area contributed by atoms with Crippen LogP contribution in [0.15, 0.2) is 67.1 Å². The number of urea groups is 1. The van der Waals surface area contributed by atoms with Gasteiger partial charge < -0.3 is 20.4 Å². The average molecular weight is 552 g/mol. The molecule has 2 saturated heterocycles. The van der Waals surface area contributed by atoms with Crippen LogP contribution in [0.2, 0.25) is 0 Å². The Kier molecular flexibility index (Phi) is 7.14. The van der Waals surface area contributed by atoms with E-state index in [9.17, 15) is 4.79 Å². The van der Waals surface area contributed by atoms with Crippen LogP contribution in [0.1, 0.15) is 38.5 Å². The lowest BCUT2D eigenvalue weighted by Crippen LogP contribution is -2.42. The number of amides is 2. The van der Waals surface area contributed by atoms with Gasteiger partial charge in [0.15, 0.2) is 0 Å². The third-order valence-corrected chi connectivity index (χ3v) is 8.82. The molecule has 3 unspecified atom stereocenters. The van der Waals surface area contributed by atoms with Gasteiger partial charge in [0.05, 0.1) is 17.7 Å². The summed E-state index contributed by atoms with van der Waals surface area (Å²) < 4.78 is 2.02. The highest BCUT2D eigenvalue weighted by atomic mass is 16.2. The Balaban J connectivity index is 0.963. The quantitative estimate of drug-likeness (QED) is 0.302. The van der Waals surface area contributed by atoms with E-state index in [4.69, 9.17) is 9.97 Å². The molecule has 1 saturated carbocycles. The zero-order valence-corrected chi connectivity index (χ0v) is 23.2. The maximum atomic E-state index is 12.7. The molecule has 1 aliphatic carbocycles. The molecule has 7 rings (SSSR count). The van der Waals surface area contributed by atoms with E-state index in [-0.39, 0.29) is 6.03 Å². The fraction of sp³-hybridized carbons (Fsp3) is 0.419. The molecule has 212 valence electrons. The van der Waals surface area contributed by atoms with Crippen molar-refractivity contribution < 1.29 is 4.79 Å². The minimum atomic E-state index is -0.0237. The standard InChI is InChI=1S/C31H37N9O/c41-31(36-23-7-2-1-3-8-23)38-17-5-6-22(19-38)13-15-32-30-33-16-14-29(37-30)40-21-35-26-18-24(11-12-28(26)40)39-20-34-25-9-4-10-27(25)39/h1-3,7-8,11-12,14,16,18,21-22,25,27,34H,4-6,9-10,13,15,17,19-20H2,(H,36,41)(H,32,33,37). The van der Waals surface area contributed by atoms with Crippen LogP contribution in [0, 0.1) is 5.92 Å². The summed E-state index contributed by atoms with van der Waals surface area (Å²) in [5, 5.41) is 10.1. The fourth-order valence-corrected chi connectivity index (χ4v) is 6.70. The summed E-state index contributed by atoms with van der Waals surface area (Å²) in [6.07, 6.45) is 10.5. The number of nitrogens with one attached hydrogen (secondary N) is 3. The molecule has 0 radical (unpaired) electrons. The molecule has 0 spiro atoms. The first-order valence-corrected chi connectivity index (χ1v) is 14.9. The molecular weight excluding hydrogens is 514 g/mol. The van der Waals surface area contributed by atoms with Crippen molar-refractivity contribution in [1.82, 2.24) is 29.7 Å². The van der Waals surface area contributed by atoms with Gasteiger partial charge in [0.25, 0.3) is 0 Å². The number of rotatable bonds is 7. The van der Waals surface area contributed by atoms with Crippen molar-refractivity contribution in [2.75, 3.05) is 41.8 Å². The third kappa shape index (κ3) is 5.44. The van der Waals surface area contributed by atoms with Crippen LogP contribution in [-0.2, 0) is 0 Å². The highest BCUT2D eigenvalue weighted by Crippen LogP contribution is 2.33. The van der Waals surface area contributed by atoms with Crippen LogP contribution in [0.25, 0.3) is 16.9 Å². The fourth-order valence-electron chi connectivity index (χ4n) is 6.70. The van der Waals surface area contributed by atoms with Crippen molar-refractivity contribution in [3.8, 4) is 5.82 Å². The van der Waals surface area contributed by atoms with Gasteiger partial charge in [0.2, 0.25) is 5.95 Å². The lowest BCUT2D eigenvalue weighted by Gasteiger charge is -2.32. The topological polar surface area (TPSA) is 103 Å². The van der Waals surface area contributed by atoms with Crippen LogP contribution >= 0.6 is 0 Å². The number of aromatic nitrogens is 4. The summed E-state index contributed by atoms with van der Waals surface area (Å²) in [5.74, 6) is 1.84. The van der Waals surface area contributed by atoms with Gasteiger partial charge in [-0.3, -0.25) is 9.88 Å². The van der Waals surface area contributed by atoms with Crippen LogP contribution in [0.4, 0.5) is 22.1 Å². The van der Waals surface area contributed by atoms with Crippen molar-refractivity contribution in [2.24, 2.45) is 5.92 Å². The smallest absolute Gasteiger partial charge is 0.321 e. The predicted molar refractivity (Wildman–Crippen MR) is 161 cm³/mol. The molecule has 3 atom stereocenters. The molecule has 41 heavy (non-hydrogen) atoms. The molecule has 2 aromatic heterocycles. The predicted octanol–water partition coefficient (Wildman–Crippen LogP) is 4.85. The number of carbonyl (C=O) groups is 1. The van der Waals surface area contributed by atoms with Crippen LogP contribution < -0.4 is 20.9 Å². The van der Waals surface area contributed by atoms with E-state index in [1.807, 2.05) is 52.2 Å². The van der Waals surface area contributed by atoms with Gasteiger partial charge in [-0.2, -0.15) is 4.98 Å². The van der Waals surface area contributed by atoms with E-state index in [0.717, 1.165) is 68.1 Å². The number of nitrogens with zero attached hydrogens (tertiary/aromatic N) is 6. The zero-order valence-electron chi connectivity index (χ0n) is 23.2. The third-order valence-electron chi connectivity index (χ3n) is 8.82. The van der Waals surface area contributed by atoms with Crippen molar-refractivity contribution in [1.29, 1.82) is 0 Å². The second-order valence-electron chi connectivity index (χ2n) is 11.4. The maximum Gasteiger partial charge on any atom is 0.321 e. The van der Waals surface area contributed by atoms with Gasteiger partial charge in [0, 0.05) is 49.3 Å². The lowest BCUT2D eigenvalue weighted by molar-refractivity contribution is 0.175. The number of anilines is 3. The molecular formula is C31H37N9O. The highest BCUT2D eigenvalue weighted by molar-refractivity contribution is 5.89. The van der Waals surface area contributed by atoms with Crippen molar-refractivity contribution in [2.45, 2.75) is 50.6 Å². The first kappa shape index (κ1) is 25.8. The van der Waals surface area contributed by atoms with Crippen LogP contribution in [0.5, 0.6) is 0 Å². The number of para-hydroxylation sites is 1. The minimum Gasteiger partial charge on any atom is -0.354 e. The largest absolute Gasteiger partial charge is 0.354 e. The molecule has 10 heteroatoms. The second kappa shape index (κ2) is 11.4. The first-order valence-electron chi connectivity index (χ1n) is 14.9. The lowest BCUT2D eigenvalue weighted by atomic mass is 9.95. The zero-order chi connectivity index (χ0) is 27.6. The van der Waals surface area contributed by atoms with E-state index in [2.05, 4.69) is 44.0 Å². The summed E-state index contributed by atoms with van der Waals surface area (Å²) in [6.45, 7) is 3.22. The molecule has 4 aromatic rings. The summed E-state index contributed by atoms with van der Waals surface area (Å²) >= 11 is 0. The Hall–Kier alpha value is -4.18. The summed E-state index contributed by atoms with van der Waals surface area (Å²) in [5.41, 5.74) is 4.06. The number of hydrogen-bond acceptors (Lipinski definition) is 7. The van der Waals surface area contributed by atoms with E-state index in [0.29, 0.717) is 23.9 Å². The van der Waals surface area contributed by atoms with Crippen molar-refractivity contribution in [3.63, 3.8) is 0 Å². The van der Waals surface area contributed by atoms with Gasteiger partial charge >= 0.3 is 6.03 Å². The highest BCUT2D eigenvalue weighted by Gasteiger charge is 2.37. The normalized spacial score (nSPS) is 22.2. The average Bonchev–Trinajstić information content (AvgIpc) is 3.74. The van der Waals surface area contributed by atoms with Crippen LogP contribution in [0.3, 0.4) is 0 Å². The molecule has 10 nitrogen and oxygen atoms in total. The van der Waals surface area contributed by atoms with Crippen molar-refractivity contribution in [3.05, 3.63) is 67.1 Å². The molecule has 3 aliphatic rings. The second-order valence-corrected chi connectivity index (χ2v) is 11.4. The summed E-state index contributed by atoms with van der Waals surface area (Å²) in [4.78, 5) is 31.1. The molecule has 2 aliphatic heterocycles. The Labute approximate surface area is 240 Å². The van der Waals surface area contributed by atoms with Gasteiger partial charge in [-0.05, 0) is 80.8 Å². The van der Waals surface area contributed by atoms with E-state index < -0.39 is 0 Å². The number of hydrogen-bond donors (Lipinski definition) is 3. The monoisotopic (exact) mass is 551 g/mol. The van der Waals surface area contributed by atoms with Gasteiger partial charge in [-0.25, -0.2) is 14.8 Å². The SMILES string of the molecule is O=C(Nc1ccccc1)N1CCCC(CCNc2nccc(-n3cnc4cc(N5CNC6CCCC65)ccc43)n2)C1. The van der Waals surface area contributed by atoms with E-state index in [1.165, 1.54) is 24.9 Å². The Morgan fingerprint density at radius 3 is 2.88 bits per heavy atom. The molecule has 3 fully saturated rings. The molecule has 4 heterocycles. The summed E-state index contributed by atoms with van der Waals surface area (Å²) in [7, 11) is 0. The van der Waals surface area contributed by atoms with Crippen LogP contribution in [-0.4, -0.2) is 68.8 Å². The summed E-state index contributed by atoms with van der Waals surface area (Å²) in [6, 6.07) is 19.3. The number of likely N-dealkylation sites (tertiary alicyclic amines) is 1. The Bertz CT molecular complexity index is 1510. The molecule has 2 amide bonds. The Morgan fingerprint density at radius 2 is 1.95 bits per heavy atom. The minimum absolute atomic E-state index is 0.0237. The first-order chi connectivity index (χ1) is 20.2. The Morgan fingerprint density at radius 1 is 1.02 bits per heavy atom. The number of piperidine rings is 1. The molecule has 2 aromatic carbocycles. The van der Waals surface area contributed by atoms with E-state index in [1.54, 1.807) is 6.20 Å². The van der Waals surface area contributed by atoms with E-state index >= 15 is 0 Å². The number of benzene rings is 2. The van der Waals surface area contributed by atoms with Gasteiger partial charge in [0.1, 0.15) is 12.1 Å². The van der Waals surface area contributed by atoms with Gasteiger partial charge in [-0.15, -0.1) is 0 Å². The molecule has 3 N–H and O–H groups in total. The maximum absolute atomic E-state index is 12.7. The molecule has 0 bridgehead atoms. The number of imidazole rings is 1. The number of fused-ring (bicyclic) bond motifs is 2. The van der Waals surface area contributed by atoms with Crippen molar-refractivity contribution >= 4 is 34.4 Å². The number of carbonyl (C=O) groups excluding carboxylic acids is 1. The van der Waals surface area contributed by atoms with Gasteiger partial charge in [-0.1, -0.05) is 18.2 Å².